The molecule has 0 aliphatic carbocycles. The fraction of sp³-hybridized carbons (Fsp3) is 0.190. The summed E-state index contributed by atoms with van der Waals surface area (Å²) in [5, 5.41) is 3.75. The lowest BCUT2D eigenvalue weighted by molar-refractivity contribution is -0.117. The molecular weight excluding hydrogens is 330 g/mol. The van der Waals surface area contributed by atoms with Gasteiger partial charge in [0.15, 0.2) is 11.3 Å². The number of methoxy groups -OCH3 is 1. The van der Waals surface area contributed by atoms with Crippen molar-refractivity contribution in [2.45, 2.75) is 20.4 Å². The third-order valence-electron chi connectivity index (χ3n) is 4.07. The van der Waals surface area contributed by atoms with Crippen LogP contribution in [0.5, 0.6) is 17.2 Å². The average molecular weight is 351 g/mol. The van der Waals surface area contributed by atoms with Crippen LogP contribution in [0.2, 0.25) is 0 Å². The van der Waals surface area contributed by atoms with Crippen LogP contribution in [-0.4, -0.2) is 13.0 Å². The Morgan fingerprint density at radius 3 is 2.65 bits per heavy atom. The summed E-state index contributed by atoms with van der Waals surface area (Å²) in [5.41, 5.74) is 2.04. The van der Waals surface area contributed by atoms with Crippen LogP contribution < -0.4 is 14.8 Å². The third kappa shape index (κ3) is 3.57. The molecule has 134 valence electrons. The van der Waals surface area contributed by atoms with Crippen LogP contribution >= 0.6 is 0 Å². The average Bonchev–Trinajstić information content (AvgIpc) is 2.96. The van der Waals surface area contributed by atoms with Crippen molar-refractivity contribution < 1.29 is 18.7 Å². The summed E-state index contributed by atoms with van der Waals surface area (Å²) in [6.45, 7) is 7.57. The molecule has 3 rings (SSSR count). The van der Waals surface area contributed by atoms with Gasteiger partial charge < -0.3 is 19.2 Å². The number of rotatable bonds is 6. The van der Waals surface area contributed by atoms with Crippen molar-refractivity contribution in [2.75, 3.05) is 7.11 Å². The Morgan fingerprint density at radius 2 is 1.92 bits per heavy atom. The van der Waals surface area contributed by atoms with E-state index in [-0.39, 0.29) is 5.91 Å². The van der Waals surface area contributed by atoms with Gasteiger partial charge in [-0.05, 0) is 32.0 Å². The number of hydrogen-bond acceptors (Lipinski definition) is 4. The molecule has 26 heavy (non-hydrogen) atoms. The van der Waals surface area contributed by atoms with Gasteiger partial charge in [0.2, 0.25) is 5.91 Å². The van der Waals surface area contributed by atoms with Gasteiger partial charge >= 0.3 is 0 Å². The van der Waals surface area contributed by atoms with E-state index in [1.807, 2.05) is 49.4 Å². The largest absolute Gasteiger partial charge is 0.497 e. The number of hydrogen-bond donors (Lipinski definition) is 1. The summed E-state index contributed by atoms with van der Waals surface area (Å²) in [7, 11) is 1.61. The normalized spacial score (nSPS) is 10.6. The molecule has 0 saturated heterocycles. The highest BCUT2D eigenvalue weighted by atomic mass is 16.5. The fourth-order valence-corrected chi connectivity index (χ4v) is 2.67. The van der Waals surface area contributed by atoms with Gasteiger partial charge in [0.05, 0.1) is 7.11 Å². The Balaban J connectivity index is 1.92. The van der Waals surface area contributed by atoms with Gasteiger partial charge in [-0.3, -0.25) is 4.79 Å². The summed E-state index contributed by atoms with van der Waals surface area (Å²) in [6, 6.07) is 13.1. The van der Waals surface area contributed by atoms with Crippen molar-refractivity contribution in [2.24, 2.45) is 0 Å². The van der Waals surface area contributed by atoms with Crippen molar-refractivity contribution in [1.82, 2.24) is 5.32 Å². The first-order valence-electron chi connectivity index (χ1n) is 8.26. The van der Waals surface area contributed by atoms with Crippen LogP contribution in [0.1, 0.15) is 18.2 Å². The maximum absolute atomic E-state index is 11.8. The second kappa shape index (κ2) is 7.35. The van der Waals surface area contributed by atoms with Crippen LogP contribution in [0.4, 0.5) is 0 Å². The number of furan rings is 1. The maximum Gasteiger partial charge on any atom is 0.246 e. The molecule has 1 aromatic heterocycles. The van der Waals surface area contributed by atoms with E-state index in [9.17, 15) is 4.79 Å². The van der Waals surface area contributed by atoms with Crippen molar-refractivity contribution in [3.8, 4) is 17.2 Å². The van der Waals surface area contributed by atoms with Crippen LogP contribution in [0.25, 0.3) is 11.0 Å². The second-order valence-electron chi connectivity index (χ2n) is 6.01. The summed E-state index contributed by atoms with van der Waals surface area (Å²) in [4.78, 5) is 11.8. The number of carbonyl (C=O) groups excluding carboxylic acids is 1. The molecule has 1 amide bonds. The number of ether oxygens (including phenoxy) is 2. The highest BCUT2D eigenvalue weighted by molar-refractivity contribution is 5.93. The van der Waals surface area contributed by atoms with E-state index < -0.39 is 0 Å². The summed E-state index contributed by atoms with van der Waals surface area (Å²) >= 11 is 0. The molecule has 5 heteroatoms. The number of amides is 1. The number of nitrogens with one attached hydrogen (secondary N) is 1. The molecule has 0 unspecified atom stereocenters. The van der Waals surface area contributed by atoms with Gasteiger partial charge in [-0.15, -0.1) is 0 Å². The number of aryl methyl sites for hydroxylation is 1. The molecule has 1 N–H and O–H groups in total. The second-order valence-corrected chi connectivity index (χ2v) is 6.01. The quantitative estimate of drug-likeness (QED) is 0.652. The van der Waals surface area contributed by atoms with Gasteiger partial charge in [0.1, 0.15) is 17.3 Å². The Bertz CT molecular complexity index is 971. The molecule has 5 nitrogen and oxygen atoms in total. The predicted molar refractivity (Wildman–Crippen MR) is 101 cm³/mol. The van der Waals surface area contributed by atoms with Crippen molar-refractivity contribution in [1.29, 1.82) is 0 Å². The van der Waals surface area contributed by atoms with Crippen LogP contribution in [0, 0.1) is 6.92 Å². The van der Waals surface area contributed by atoms with E-state index in [1.54, 1.807) is 14.0 Å². The maximum atomic E-state index is 11.8. The van der Waals surface area contributed by atoms with E-state index in [0.29, 0.717) is 34.9 Å². The minimum atomic E-state index is -0.178. The third-order valence-corrected chi connectivity index (χ3v) is 4.07. The topological polar surface area (TPSA) is 60.7 Å². The Morgan fingerprint density at radius 1 is 1.19 bits per heavy atom. The van der Waals surface area contributed by atoms with Crippen molar-refractivity contribution in [3.63, 3.8) is 0 Å². The minimum Gasteiger partial charge on any atom is -0.497 e. The summed E-state index contributed by atoms with van der Waals surface area (Å²) in [5.74, 6) is 2.54. The highest BCUT2D eigenvalue weighted by Crippen LogP contribution is 2.35. The first-order chi connectivity index (χ1) is 12.5. The molecule has 0 spiro atoms. The Hall–Kier alpha value is -3.21. The lowest BCUT2D eigenvalue weighted by Crippen LogP contribution is -2.23. The molecule has 0 aliphatic rings. The molecule has 0 aliphatic heterocycles. The lowest BCUT2D eigenvalue weighted by atomic mass is 10.1. The number of para-hydroxylation sites is 1. The van der Waals surface area contributed by atoms with E-state index in [1.165, 1.54) is 0 Å². The van der Waals surface area contributed by atoms with Gasteiger partial charge in [-0.25, -0.2) is 0 Å². The van der Waals surface area contributed by atoms with E-state index in [4.69, 9.17) is 13.9 Å². The smallest absolute Gasteiger partial charge is 0.246 e. The monoisotopic (exact) mass is 351 g/mol. The molecule has 2 aromatic carbocycles. The Labute approximate surface area is 152 Å². The molecule has 0 bridgehead atoms. The predicted octanol–water partition coefficient (Wildman–Crippen LogP) is 4.73. The van der Waals surface area contributed by atoms with Gasteiger partial charge in [-0.2, -0.15) is 0 Å². The first-order valence-corrected chi connectivity index (χ1v) is 8.26. The molecule has 0 saturated carbocycles. The van der Waals surface area contributed by atoms with Gasteiger partial charge in [0, 0.05) is 29.1 Å². The zero-order chi connectivity index (χ0) is 18.7. The molecule has 0 atom stereocenters. The number of carbonyl (C=O) groups is 1. The fourth-order valence-electron chi connectivity index (χ4n) is 2.67. The van der Waals surface area contributed by atoms with Crippen LogP contribution in [0.3, 0.4) is 0 Å². The van der Waals surface area contributed by atoms with Crippen LogP contribution in [-0.2, 0) is 11.3 Å². The number of fused-ring (bicyclic) bond motifs is 1. The summed E-state index contributed by atoms with van der Waals surface area (Å²) in [6.07, 6.45) is 0. The van der Waals surface area contributed by atoms with Gasteiger partial charge in [-0.1, -0.05) is 24.8 Å². The van der Waals surface area contributed by atoms with Crippen molar-refractivity contribution in [3.05, 3.63) is 65.9 Å². The zero-order valence-corrected chi connectivity index (χ0v) is 15.1. The van der Waals surface area contributed by atoms with Gasteiger partial charge in [0.25, 0.3) is 0 Å². The minimum absolute atomic E-state index is 0.178. The SMILES string of the molecule is C=C(C)C(=O)NCc1c(C)oc2c(Oc3cccc(OC)c3)cccc12. The standard InChI is InChI=1S/C21H21NO4/c1-13(2)21(23)22-12-18-14(3)25-20-17(18)9-6-10-19(20)26-16-8-5-7-15(11-16)24-4/h5-11H,1,12H2,2-4H3,(H,22,23). The molecule has 1 heterocycles. The van der Waals surface area contributed by atoms with Crippen molar-refractivity contribution >= 4 is 16.9 Å². The highest BCUT2D eigenvalue weighted by Gasteiger charge is 2.16. The zero-order valence-electron chi connectivity index (χ0n) is 15.1. The van der Waals surface area contributed by atoms with E-state index >= 15 is 0 Å². The lowest BCUT2D eigenvalue weighted by Gasteiger charge is -2.08. The Kier molecular flexibility index (Phi) is 4.98. The molecule has 0 fully saturated rings. The molecule has 3 aromatic rings. The van der Waals surface area contributed by atoms with Crippen LogP contribution in [0.15, 0.2) is 59.0 Å². The van der Waals surface area contributed by atoms with E-state index in [0.717, 1.165) is 16.7 Å². The number of benzene rings is 2. The first kappa shape index (κ1) is 17.6. The molecular formula is C21H21NO4. The van der Waals surface area contributed by atoms with E-state index in [2.05, 4.69) is 11.9 Å². The molecule has 0 radical (unpaired) electrons. The summed E-state index contributed by atoms with van der Waals surface area (Å²) < 4.78 is 17.1.